The Morgan fingerprint density at radius 2 is 1.95 bits per heavy atom. The fraction of sp³-hybridized carbons (Fsp3) is 0.250. The molecule has 0 spiro atoms. The van der Waals surface area contributed by atoms with Crippen LogP contribution in [-0.2, 0) is 19.1 Å². The molecule has 0 bridgehead atoms. The summed E-state index contributed by atoms with van der Waals surface area (Å²) in [4.78, 5) is 33.6. The molecule has 0 aliphatic rings. The van der Waals surface area contributed by atoms with Gasteiger partial charge in [0.2, 0.25) is 0 Å². The van der Waals surface area contributed by atoms with Gasteiger partial charge in [-0.05, 0) is 12.1 Å². The highest BCUT2D eigenvalue weighted by atomic mass is 35.5. The molecule has 0 aliphatic heterocycles. The maximum atomic E-state index is 11.6. The van der Waals surface area contributed by atoms with Gasteiger partial charge < -0.3 is 14.8 Å². The van der Waals surface area contributed by atoms with E-state index in [1.165, 1.54) is 19.2 Å². The maximum absolute atomic E-state index is 11.6. The molecule has 1 aromatic carbocycles. The fourth-order valence-corrected chi connectivity index (χ4v) is 1.34. The molecule has 19 heavy (non-hydrogen) atoms. The first-order valence-corrected chi connectivity index (χ1v) is 5.67. The fourth-order valence-electron chi connectivity index (χ4n) is 1.13. The first kappa shape index (κ1) is 15.0. The Kier molecular flexibility index (Phi) is 5.81. The highest BCUT2D eigenvalue weighted by Crippen LogP contribution is 2.15. The lowest BCUT2D eigenvalue weighted by atomic mass is 10.2. The summed E-state index contributed by atoms with van der Waals surface area (Å²) in [7, 11) is 1.20. The Morgan fingerprint density at radius 3 is 2.58 bits per heavy atom. The zero-order valence-electron chi connectivity index (χ0n) is 10.1. The molecule has 6 nitrogen and oxygen atoms in total. The predicted molar refractivity (Wildman–Crippen MR) is 66.8 cm³/mol. The van der Waals surface area contributed by atoms with E-state index in [1.54, 1.807) is 12.1 Å². The molecule has 0 saturated heterocycles. The molecule has 1 aromatic rings. The van der Waals surface area contributed by atoms with Crippen molar-refractivity contribution in [3.8, 4) is 0 Å². The van der Waals surface area contributed by atoms with E-state index < -0.39 is 24.5 Å². The Labute approximate surface area is 114 Å². The summed E-state index contributed by atoms with van der Waals surface area (Å²) in [6.45, 7) is -0.778. The Bertz CT molecular complexity index is 489. The van der Waals surface area contributed by atoms with Crippen molar-refractivity contribution in [1.82, 2.24) is 5.32 Å². The van der Waals surface area contributed by atoms with Crippen molar-refractivity contribution in [2.24, 2.45) is 0 Å². The third-order valence-corrected chi connectivity index (χ3v) is 2.42. The van der Waals surface area contributed by atoms with Crippen LogP contribution in [0.15, 0.2) is 24.3 Å². The van der Waals surface area contributed by atoms with Gasteiger partial charge in [-0.2, -0.15) is 0 Å². The number of hydrogen-bond donors (Lipinski definition) is 1. The highest BCUT2D eigenvalue weighted by Gasteiger charge is 2.13. The molecule has 0 saturated carbocycles. The second kappa shape index (κ2) is 7.38. The van der Waals surface area contributed by atoms with E-state index in [1.807, 2.05) is 0 Å². The number of benzene rings is 1. The molecule has 0 fully saturated rings. The van der Waals surface area contributed by atoms with E-state index in [9.17, 15) is 14.4 Å². The van der Waals surface area contributed by atoms with Gasteiger partial charge in [0.1, 0.15) is 6.54 Å². The van der Waals surface area contributed by atoms with Crippen LogP contribution in [0.25, 0.3) is 0 Å². The Morgan fingerprint density at radius 1 is 1.26 bits per heavy atom. The van der Waals surface area contributed by atoms with E-state index in [0.29, 0.717) is 0 Å². The lowest BCUT2D eigenvalue weighted by Crippen LogP contribution is -2.33. The van der Waals surface area contributed by atoms with Crippen molar-refractivity contribution in [2.75, 3.05) is 20.3 Å². The van der Waals surface area contributed by atoms with E-state index in [2.05, 4.69) is 10.1 Å². The zero-order chi connectivity index (χ0) is 14.3. The van der Waals surface area contributed by atoms with Crippen LogP contribution in [0.3, 0.4) is 0 Å². The van der Waals surface area contributed by atoms with Gasteiger partial charge >= 0.3 is 11.9 Å². The maximum Gasteiger partial charge on any atom is 0.340 e. The molecule has 0 unspecified atom stereocenters. The number of esters is 2. The molecule has 0 heterocycles. The van der Waals surface area contributed by atoms with Gasteiger partial charge in [-0.25, -0.2) is 4.79 Å². The van der Waals surface area contributed by atoms with E-state index in [-0.39, 0.29) is 17.1 Å². The smallest absolute Gasteiger partial charge is 0.340 e. The van der Waals surface area contributed by atoms with Crippen molar-refractivity contribution in [2.45, 2.75) is 0 Å². The van der Waals surface area contributed by atoms with Crippen molar-refractivity contribution >= 4 is 29.4 Å². The largest absolute Gasteiger partial charge is 0.468 e. The van der Waals surface area contributed by atoms with Gasteiger partial charge in [-0.1, -0.05) is 23.7 Å². The lowest BCUT2D eigenvalue weighted by Gasteiger charge is -2.06. The van der Waals surface area contributed by atoms with Crippen LogP contribution in [0.1, 0.15) is 10.4 Å². The minimum atomic E-state index is -0.709. The lowest BCUT2D eigenvalue weighted by molar-refractivity contribution is -0.141. The van der Waals surface area contributed by atoms with Crippen molar-refractivity contribution in [1.29, 1.82) is 0 Å². The number of ether oxygens (including phenoxy) is 2. The number of halogens is 1. The van der Waals surface area contributed by atoms with Crippen molar-refractivity contribution in [3.05, 3.63) is 34.9 Å². The topological polar surface area (TPSA) is 81.7 Å². The van der Waals surface area contributed by atoms with Gasteiger partial charge in [-0.15, -0.1) is 0 Å². The Hall–Kier alpha value is -2.08. The van der Waals surface area contributed by atoms with E-state index in [4.69, 9.17) is 16.3 Å². The molecule has 0 aliphatic carbocycles. The molecule has 0 radical (unpaired) electrons. The second-order valence-corrected chi connectivity index (χ2v) is 3.82. The number of hydrogen-bond acceptors (Lipinski definition) is 5. The minimum absolute atomic E-state index is 0.171. The van der Waals surface area contributed by atoms with Crippen LogP contribution in [-0.4, -0.2) is 38.1 Å². The summed E-state index contributed by atoms with van der Waals surface area (Å²) in [5.74, 6) is -1.91. The van der Waals surface area contributed by atoms with E-state index in [0.717, 1.165) is 0 Å². The average molecular weight is 286 g/mol. The summed E-state index contributed by atoms with van der Waals surface area (Å²) in [6.07, 6.45) is 0. The molecule has 7 heteroatoms. The van der Waals surface area contributed by atoms with Crippen LogP contribution >= 0.6 is 11.6 Å². The van der Waals surface area contributed by atoms with Gasteiger partial charge in [-0.3, -0.25) is 9.59 Å². The third-order valence-electron chi connectivity index (χ3n) is 2.09. The number of carbonyl (C=O) groups excluding carboxylic acids is 3. The van der Waals surface area contributed by atoms with Crippen LogP contribution in [0.2, 0.25) is 5.02 Å². The quantitative estimate of drug-likeness (QED) is 0.809. The molecule has 1 rings (SSSR count). The van der Waals surface area contributed by atoms with Crippen LogP contribution in [0.5, 0.6) is 0 Å². The number of rotatable bonds is 5. The van der Waals surface area contributed by atoms with Gasteiger partial charge in [0.05, 0.1) is 17.7 Å². The van der Waals surface area contributed by atoms with Crippen LogP contribution in [0.4, 0.5) is 0 Å². The molecule has 102 valence electrons. The average Bonchev–Trinajstić information content (AvgIpc) is 2.42. The van der Waals surface area contributed by atoms with Crippen molar-refractivity contribution < 1.29 is 23.9 Å². The molecular formula is C12H12ClNO5. The van der Waals surface area contributed by atoms with Gasteiger partial charge in [0.15, 0.2) is 6.61 Å². The summed E-state index contributed by atoms with van der Waals surface area (Å²) in [5.41, 5.74) is 0.171. The minimum Gasteiger partial charge on any atom is -0.468 e. The number of methoxy groups -OCH3 is 1. The van der Waals surface area contributed by atoms with Crippen LogP contribution < -0.4 is 5.32 Å². The second-order valence-electron chi connectivity index (χ2n) is 3.41. The molecule has 1 N–H and O–H groups in total. The van der Waals surface area contributed by atoms with Gasteiger partial charge in [0.25, 0.3) is 5.91 Å². The number of nitrogens with one attached hydrogen (secondary N) is 1. The molecular weight excluding hydrogens is 274 g/mol. The standard InChI is InChI=1S/C12H12ClNO5/c1-18-11(16)6-14-10(15)7-19-12(17)8-4-2-3-5-9(8)13/h2-5H,6-7H2,1H3,(H,14,15). The highest BCUT2D eigenvalue weighted by molar-refractivity contribution is 6.33. The third kappa shape index (κ3) is 4.97. The predicted octanol–water partition coefficient (Wildman–Crippen LogP) is 0.786. The summed E-state index contributed by atoms with van der Waals surface area (Å²) in [6, 6.07) is 6.31. The molecule has 1 amide bonds. The van der Waals surface area contributed by atoms with Gasteiger partial charge in [0, 0.05) is 0 Å². The van der Waals surface area contributed by atoms with Crippen molar-refractivity contribution in [3.63, 3.8) is 0 Å². The number of amides is 1. The summed E-state index contributed by atoms with van der Waals surface area (Å²) < 4.78 is 9.08. The normalized spacial score (nSPS) is 9.58. The monoisotopic (exact) mass is 285 g/mol. The molecule has 0 atom stereocenters. The van der Waals surface area contributed by atoms with Crippen LogP contribution in [0, 0.1) is 0 Å². The summed E-state index contributed by atoms with van der Waals surface area (Å²) >= 11 is 5.79. The first-order valence-electron chi connectivity index (χ1n) is 5.29. The first-order chi connectivity index (χ1) is 9.04. The van der Waals surface area contributed by atoms with E-state index >= 15 is 0 Å². The SMILES string of the molecule is COC(=O)CNC(=O)COC(=O)c1ccccc1Cl. The summed E-state index contributed by atoms with van der Waals surface area (Å²) in [5, 5.41) is 2.47. The molecule has 0 aromatic heterocycles. The Balaban J connectivity index is 2.40. The number of carbonyl (C=O) groups is 3. The zero-order valence-corrected chi connectivity index (χ0v) is 10.9.